The molecule has 2 heterocycles. The van der Waals surface area contributed by atoms with Gasteiger partial charge in [0.2, 0.25) is 5.91 Å². The lowest BCUT2D eigenvalue weighted by atomic mass is 9.86. The minimum absolute atomic E-state index is 0.0284. The largest absolute Gasteiger partial charge is 0.461 e. The van der Waals surface area contributed by atoms with Crippen molar-refractivity contribution in [3.8, 4) is 0 Å². The number of benzene rings is 1. The molecule has 0 saturated carbocycles. The lowest BCUT2D eigenvalue weighted by molar-refractivity contribution is -0.156. The maximum Gasteiger partial charge on any atom is 0.417 e. The Morgan fingerprint density at radius 2 is 1.76 bits per heavy atom. The molecule has 1 aromatic carbocycles. The fourth-order valence-electron chi connectivity index (χ4n) is 5.43. The predicted molar refractivity (Wildman–Crippen MR) is 158 cm³/mol. The van der Waals surface area contributed by atoms with Crippen LogP contribution in [0.3, 0.4) is 0 Å². The highest BCUT2D eigenvalue weighted by molar-refractivity contribution is 9.10. The number of halogens is 1. The molecule has 11 heteroatoms. The maximum absolute atomic E-state index is 14.3. The number of furan rings is 1. The van der Waals surface area contributed by atoms with Crippen LogP contribution >= 0.6 is 15.9 Å². The second-order valence-electron chi connectivity index (χ2n) is 11.2. The van der Waals surface area contributed by atoms with Gasteiger partial charge in [-0.3, -0.25) is 9.59 Å². The van der Waals surface area contributed by atoms with Gasteiger partial charge in [0.15, 0.2) is 6.10 Å². The first-order valence-electron chi connectivity index (χ1n) is 14.3. The van der Waals surface area contributed by atoms with E-state index in [0.29, 0.717) is 48.7 Å². The highest BCUT2D eigenvalue weighted by Crippen LogP contribution is 2.40. The van der Waals surface area contributed by atoms with Gasteiger partial charge in [-0.1, -0.05) is 44.2 Å². The zero-order chi connectivity index (χ0) is 30.9. The fraction of sp³-hybridized carbons (Fsp3) is 0.581. The first-order chi connectivity index (χ1) is 20.0. The van der Waals surface area contributed by atoms with E-state index in [-0.39, 0.29) is 25.6 Å². The number of carbonyl (C=O) groups excluding carboxylic acids is 3. The van der Waals surface area contributed by atoms with Gasteiger partial charge in [0.1, 0.15) is 17.1 Å². The molecule has 0 unspecified atom stereocenters. The van der Waals surface area contributed by atoms with E-state index >= 15 is 0 Å². The Bertz CT molecular complexity index is 1180. The number of imide groups is 1. The third-order valence-corrected chi connectivity index (χ3v) is 7.71. The summed E-state index contributed by atoms with van der Waals surface area (Å²) < 4.78 is 29.0. The number of esters is 1. The van der Waals surface area contributed by atoms with E-state index < -0.39 is 41.6 Å². The van der Waals surface area contributed by atoms with Gasteiger partial charge in [-0.15, -0.1) is 0 Å². The van der Waals surface area contributed by atoms with Crippen LogP contribution in [-0.2, 0) is 41.4 Å². The minimum atomic E-state index is -1.09. The van der Waals surface area contributed by atoms with Crippen molar-refractivity contribution in [3.05, 3.63) is 58.0 Å². The number of aryl methyl sites for hydroxylation is 1. The molecular formula is C31H42BrNO9. The van der Waals surface area contributed by atoms with Crippen LogP contribution in [0.2, 0.25) is 0 Å². The highest BCUT2D eigenvalue weighted by atomic mass is 79.9. The Morgan fingerprint density at radius 3 is 2.38 bits per heavy atom. The summed E-state index contributed by atoms with van der Waals surface area (Å²) in [5.74, 6) is -1.20. The fourth-order valence-corrected chi connectivity index (χ4v) is 5.94. The van der Waals surface area contributed by atoms with Gasteiger partial charge in [0, 0.05) is 20.0 Å². The van der Waals surface area contributed by atoms with Gasteiger partial charge >= 0.3 is 12.1 Å². The Hall–Kier alpha value is -2.73. The third-order valence-electron chi connectivity index (χ3n) is 7.04. The number of cyclic esters (lactones) is 1. The first kappa shape index (κ1) is 33.8. The SMILES string of the molecule is CC(=O)O[C@@H](c1cc(Br)c(CCCOCCOCCO)o1)[C@@H](Cc1ccccc1)C(=O)N1C(=O)OC(C)(C)[C@H]1C(C)C. The van der Waals surface area contributed by atoms with Crippen molar-refractivity contribution in [2.45, 2.75) is 71.6 Å². The topological polar surface area (TPSA) is 125 Å². The molecule has 42 heavy (non-hydrogen) atoms. The Kier molecular flexibility index (Phi) is 12.6. The van der Waals surface area contributed by atoms with Crippen LogP contribution in [0, 0.1) is 11.8 Å². The van der Waals surface area contributed by atoms with Crippen molar-refractivity contribution in [3.63, 3.8) is 0 Å². The molecule has 1 aromatic heterocycles. The van der Waals surface area contributed by atoms with E-state index in [1.807, 2.05) is 44.2 Å². The molecule has 232 valence electrons. The second kappa shape index (κ2) is 15.7. The van der Waals surface area contributed by atoms with Gasteiger partial charge in [-0.05, 0) is 60.2 Å². The average molecular weight is 653 g/mol. The number of rotatable bonds is 16. The summed E-state index contributed by atoms with van der Waals surface area (Å²) in [6, 6.07) is 10.6. The van der Waals surface area contributed by atoms with Gasteiger partial charge in [-0.2, -0.15) is 0 Å². The summed E-state index contributed by atoms with van der Waals surface area (Å²) in [5.41, 5.74) is -0.0462. The number of aliphatic hydroxyl groups is 1. The molecular weight excluding hydrogens is 610 g/mol. The number of hydrogen-bond acceptors (Lipinski definition) is 9. The molecule has 0 spiro atoms. The van der Waals surface area contributed by atoms with E-state index in [0.717, 1.165) is 5.56 Å². The molecule has 3 atom stereocenters. The quantitative estimate of drug-likeness (QED) is 0.191. The normalized spacial score (nSPS) is 17.8. The summed E-state index contributed by atoms with van der Waals surface area (Å²) in [5, 5.41) is 8.76. The van der Waals surface area contributed by atoms with Crippen LogP contribution in [-0.4, -0.2) is 72.7 Å². The van der Waals surface area contributed by atoms with Crippen LogP contribution in [0.25, 0.3) is 0 Å². The van der Waals surface area contributed by atoms with Crippen LogP contribution in [0.15, 0.2) is 45.3 Å². The van der Waals surface area contributed by atoms with Gasteiger partial charge < -0.3 is 28.5 Å². The Morgan fingerprint density at radius 1 is 1.10 bits per heavy atom. The molecule has 1 aliphatic heterocycles. The number of nitrogens with zero attached hydrogens (tertiary/aromatic N) is 1. The van der Waals surface area contributed by atoms with Gasteiger partial charge in [0.25, 0.3) is 0 Å². The Labute approximate surface area is 255 Å². The van der Waals surface area contributed by atoms with E-state index in [1.165, 1.54) is 11.8 Å². The lowest BCUT2D eigenvalue weighted by Crippen LogP contribution is -2.51. The summed E-state index contributed by atoms with van der Waals surface area (Å²) in [7, 11) is 0. The van der Waals surface area contributed by atoms with E-state index in [9.17, 15) is 14.4 Å². The summed E-state index contributed by atoms with van der Waals surface area (Å²) in [4.78, 5) is 41.0. The molecule has 1 saturated heterocycles. The predicted octanol–water partition coefficient (Wildman–Crippen LogP) is 5.25. The molecule has 1 fully saturated rings. The van der Waals surface area contributed by atoms with Gasteiger partial charge in [-0.25, -0.2) is 9.69 Å². The summed E-state index contributed by atoms with van der Waals surface area (Å²) >= 11 is 3.55. The minimum Gasteiger partial charge on any atom is -0.461 e. The number of ether oxygens (including phenoxy) is 4. The molecule has 2 amide bonds. The molecule has 3 rings (SSSR count). The zero-order valence-electron chi connectivity index (χ0n) is 25.0. The lowest BCUT2D eigenvalue weighted by Gasteiger charge is -2.34. The summed E-state index contributed by atoms with van der Waals surface area (Å²) in [6.45, 7) is 10.3. The highest BCUT2D eigenvalue weighted by Gasteiger charge is 2.54. The van der Waals surface area contributed by atoms with Crippen LogP contribution in [0.1, 0.15) is 64.2 Å². The smallest absolute Gasteiger partial charge is 0.417 e. The van der Waals surface area contributed by atoms with E-state index in [4.69, 9.17) is 28.5 Å². The van der Waals surface area contributed by atoms with Crippen molar-refractivity contribution < 1.29 is 42.9 Å². The number of amides is 2. The molecule has 1 N–H and O–H groups in total. The zero-order valence-corrected chi connectivity index (χ0v) is 26.6. The van der Waals surface area contributed by atoms with E-state index in [2.05, 4.69) is 15.9 Å². The van der Waals surface area contributed by atoms with Crippen LogP contribution < -0.4 is 0 Å². The molecule has 0 bridgehead atoms. The van der Waals surface area contributed by atoms with Crippen molar-refractivity contribution >= 4 is 33.9 Å². The van der Waals surface area contributed by atoms with Crippen molar-refractivity contribution in [1.29, 1.82) is 0 Å². The number of carbonyl (C=O) groups is 3. The second-order valence-corrected chi connectivity index (χ2v) is 12.0. The van der Waals surface area contributed by atoms with Crippen molar-refractivity contribution in [2.75, 3.05) is 33.0 Å². The van der Waals surface area contributed by atoms with Crippen molar-refractivity contribution in [1.82, 2.24) is 4.90 Å². The number of hydrogen-bond donors (Lipinski definition) is 1. The average Bonchev–Trinajstić information content (AvgIpc) is 3.41. The maximum atomic E-state index is 14.3. The first-order valence-corrected chi connectivity index (χ1v) is 15.1. The van der Waals surface area contributed by atoms with Gasteiger partial charge in [0.05, 0.1) is 42.9 Å². The molecule has 0 aliphatic carbocycles. The number of aliphatic hydroxyl groups excluding tert-OH is 1. The third kappa shape index (κ3) is 8.89. The van der Waals surface area contributed by atoms with Crippen molar-refractivity contribution in [2.24, 2.45) is 11.8 Å². The Balaban J connectivity index is 1.89. The van der Waals surface area contributed by atoms with Crippen LogP contribution in [0.4, 0.5) is 4.79 Å². The molecule has 10 nitrogen and oxygen atoms in total. The summed E-state index contributed by atoms with van der Waals surface area (Å²) in [6.07, 6.45) is -0.423. The molecule has 0 radical (unpaired) electrons. The monoisotopic (exact) mass is 651 g/mol. The van der Waals surface area contributed by atoms with Crippen LogP contribution in [0.5, 0.6) is 0 Å². The molecule has 2 aromatic rings. The molecule has 1 aliphatic rings. The standard InChI is InChI=1S/C31H42BrNO9/c1-20(2)28-31(4,5)42-30(37)33(28)29(36)23(18-22-10-7-6-8-11-22)27(40-21(3)35)26-19-24(32)25(41-26)12-9-14-38-16-17-39-15-13-34/h6-8,10-11,19-20,23,27-28,34H,9,12-18H2,1-5H3/t23-,27-,28-/m1/s1. The van der Waals surface area contributed by atoms with E-state index in [1.54, 1.807) is 19.9 Å².